The number of anilines is 1. The van der Waals surface area contributed by atoms with Gasteiger partial charge in [-0.3, -0.25) is 4.79 Å². The largest absolute Gasteiger partial charge is 0.618 e. The van der Waals surface area contributed by atoms with Crippen LogP contribution in [0.2, 0.25) is 0 Å². The number of pyridine rings is 1. The van der Waals surface area contributed by atoms with Gasteiger partial charge in [0.05, 0.1) is 0 Å². The maximum absolute atomic E-state index is 13.8. The fourth-order valence-corrected chi connectivity index (χ4v) is 4.35. The van der Waals surface area contributed by atoms with E-state index in [0.29, 0.717) is 44.6 Å². The molecule has 0 spiro atoms. The summed E-state index contributed by atoms with van der Waals surface area (Å²) in [6.07, 6.45) is 6.85. The minimum absolute atomic E-state index is 0.268. The third-order valence-electron chi connectivity index (χ3n) is 4.66. The van der Waals surface area contributed by atoms with E-state index in [1.54, 1.807) is 13.8 Å². The fourth-order valence-electron chi connectivity index (χ4n) is 3.14. The topological polar surface area (TPSA) is 56.0 Å². The van der Waals surface area contributed by atoms with Crippen LogP contribution in [0.3, 0.4) is 0 Å². The quantitative estimate of drug-likeness (QED) is 0.302. The predicted octanol–water partition coefficient (Wildman–Crippen LogP) is 4.23. The Bertz CT molecular complexity index is 923. The molecule has 1 N–H and O–H groups in total. The molecule has 1 heterocycles. The number of hydrogen-bond acceptors (Lipinski definition) is 2. The van der Waals surface area contributed by atoms with E-state index in [1.165, 1.54) is 12.1 Å². The smallest absolute Gasteiger partial charge is 0.263 e. The first-order chi connectivity index (χ1) is 12.8. The molecular formula is C21H22FIN2O2. The summed E-state index contributed by atoms with van der Waals surface area (Å²) < 4.78 is 15.2. The fraction of sp³-hybridized carbons (Fsp3) is 0.333. The van der Waals surface area contributed by atoms with E-state index in [-0.39, 0.29) is 12.2 Å². The number of aryl methyl sites for hydroxylation is 2. The Kier molecular flexibility index (Phi) is 6.82. The van der Waals surface area contributed by atoms with Crippen LogP contribution < -0.4 is 10.0 Å². The molecule has 0 aliphatic heterocycles. The van der Waals surface area contributed by atoms with Crippen molar-refractivity contribution in [1.29, 1.82) is 0 Å². The van der Waals surface area contributed by atoms with E-state index >= 15 is 0 Å². The van der Waals surface area contributed by atoms with Gasteiger partial charge in [-0.1, -0.05) is 13.8 Å². The Morgan fingerprint density at radius 2 is 1.81 bits per heavy atom. The maximum Gasteiger partial charge on any atom is 0.263 e. The third kappa shape index (κ3) is 4.08. The van der Waals surface area contributed by atoms with Crippen LogP contribution in [0.1, 0.15) is 52.3 Å². The number of nitrogens with zero attached hydrogens (tertiary/aromatic N) is 1. The Balaban J connectivity index is 2.60. The highest BCUT2D eigenvalue weighted by atomic mass is 127. The van der Waals surface area contributed by atoms with Crippen molar-refractivity contribution < 1.29 is 13.9 Å². The minimum Gasteiger partial charge on any atom is -0.618 e. The summed E-state index contributed by atoms with van der Waals surface area (Å²) in [6.45, 7) is 7.12. The van der Waals surface area contributed by atoms with Gasteiger partial charge in [0, 0.05) is 35.1 Å². The number of nitrogens with one attached hydrogen (secondary N) is 1. The molecule has 142 valence electrons. The average molecular weight is 480 g/mol. The highest BCUT2D eigenvalue weighted by Gasteiger charge is 2.27. The second-order valence-electron chi connectivity index (χ2n) is 6.27. The number of aromatic nitrogens is 1. The number of carbonyl (C=O) groups excluding carboxylic acids is 1. The number of terminal acetylenes is 1. The number of benzene rings is 1. The van der Waals surface area contributed by atoms with Gasteiger partial charge in [0.1, 0.15) is 11.4 Å². The average Bonchev–Trinajstić information content (AvgIpc) is 2.64. The molecule has 2 rings (SSSR count). The predicted molar refractivity (Wildman–Crippen MR) is 113 cm³/mol. The highest BCUT2D eigenvalue weighted by Crippen LogP contribution is 2.27. The van der Waals surface area contributed by atoms with Gasteiger partial charge in [-0.2, -0.15) is 4.73 Å². The van der Waals surface area contributed by atoms with Crippen LogP contribution in [-0.4, -0.2) is 5.91 Å². The SMILES string of the molecule is C#CCc1c(I)c(C(=O)Nc2c(CC)cc(F)cc2CC)c(C)[n+]([O-])c1C. The van der Waals surface area contributed by atoms with Crippen molar-refractivity contribution in [1.82, 2.24) is 0 Å². The van der Waals surface area contributed by atoms with Crippen molar-refractivity contribution in [3.05, 3.63) is 60.4 Å². The summed E-state index contributed by atoms with van der Waals surface area (Å²) in [5.41, 5.74) is 3.84. The number of halogens is 2. The van der Waals surface area contributed by atoms with Crippen LogP contribution in [-0.2, 0) is 19.3 Å². The molecule has 6 heteroatoms. The molecule has 1 aromatic heterocycles. The van der Waals surface area contributed by atoms with Gasteiger partial charge < -0.3 is 10.5 Å². The Labute approximate surface area is 172 Å². The first-order valence-electron chi connectivity index (χ1n) is 8.73. The van der Waals surface area contributed by atoms with E-state index in [2.05, 4.69) is 33.8 Å². The molecule has 0 saturated heterocycles. The van der Waals surface area contributed by atoms with E-state index in [4.69, 9.17) is 6.42 Å². The Morgan fingerprint density at radius 1 is 1.26 bits per heavy atom. The van der Waals surface area contributed by atoms with Crippen molar-refractivity contribution in [2.45, 2.75) is 47.0 Å². The van der Waals surface area contributed by atoms with Crippen LogP contribution in [0.5, 0.6) is 0 Å². The zero-order chi connectivity index (χ0) is 20.3. The minimum atomic E-state index is -0.393. The lowest BCUT2D eigenvalue weighted by Crippen LogP contribution is -2.39. The van der Waals surface area contributed by atoms with Gasteiger partial charge >= 0.3 is 0 Å². The molecule has 0 fully saturated rings. The van der Waals surface area contributed by atoms with Crippen LogP contribution in [0, 0.1) is 40.8 Å². The Morgan fingerprint density at radius 3 is 2.30 bits per heavy atom. The first-order valence-corrected chi connectivity index (χ1v) is 9.81. The highest BCUT2D eigenvalue weighted by molar-refractivity contribution is 14.1. The molecular weight excluding hydrogens is 458 g/mol. The second-order valence-corrected chi connectivity index (χ2v) is 7.35. The van der Waals surface area contributed by atoms with Crippen LogP contribution in [0.25, 0.3) is 0 Å². The normalized spacial score (nSPS) is 10.6. The number of amides is 1. The molecule has 0 aliphatic carbocycles. The van der Waals surface area contributed by atoms with Crippen LogP contribution >= 0.6 is 22.6 Å². The number of hydrogen-bond donors (Lipinski definition) is 1. The maximum atomic E-state index is 13.8. The van der Waals surface area contributed by atoms with Crippen LogP contribution in [0.4, 0.5) is 10.1 Å². The van der Waals surface area contributed by atoms with Gasteiger partial charge in [0.25, 0.3) is 5.91 Å². The molecule has 0 unspecified atom stereocenters. The lowest BCUT2D eigenvalue weighted by atomic mass is 10.0. The zero-order valence-corrected chi connectivity index (χ0v) is 18.0. The molecule has 0 atom stereocenters. The van der Waals surface area contributed by atoms with Gasteiger partial charge in [0.2, 0.25) is 5.69 Å². The van der Waals surface area contributed by atoms with Crippen molar-refractivity contribution >= 4 is 34.2 Å². The summed E-state index contributed by atoms with van der Waals surface area (Å²) in [6, 6.07) is 2.86. The zero-order valence-electron chi connectivity index (χ0n) is 15.9. The summed E-state index contributed by atoms with van der Waals surface area (Å²) in [5, 5.41) is 15.4. The van der Waals surface area contributed by atoms with Crippen molar-refractivity contribution in [2.24, 2.45) is 0 Å². The summed E-state index contributed by atoms with van der Waals surface area (Å²) in [7, 11) is 0. The molecule has 0 bridgehead atoms. The first kappa shape index (κ1) is 21.2. The van der Waals surface area contributed by atoms with Crippen molar-refractivity contribution in [3.8, 4) is 12.3 Å². The molecule has 0 saturated carbocycles. The lowest BCUT2D eigenvalue weighted by molar-refractivity contribution is -0.619. The number of rotatable bonds is 5. The molecule has 0 radical (unpaired) electrons. The molecule has 0 aliphatic rings. The van der Waals surface area contributed by atoms with Crippen molar-refractivity contribution in [3.63, 3.8) is 0 Å². The van der Waals surface area contributed by atoms with Gasteiger partial charge in [0.15, 0.2) is 5.69 Å². The molecule has 27 heavy (non-hydrogen) atoms. The summed E-state index contributed by atoms with van der Waals surface area (Å²) >= 11 is 2.06. The van der Waals surface area contributed by atoms with Gasteiger partial charge in [-0.05, 0) is 58.7 Å². The second kappa shape index (κ2) is 8.70. The summed E-state index contributed by atoms with van der Waals surface area (Å²) in [4.78, 5) is 13.1. The van der Waals surface area contributed by atoms with E-state index in [0.717, 1.165) is 15.9 Å². The Hall–Kier alpha value is -2.14. The third-order valence-corrected chi connectivity index (χ3v) is 5.86. The summed E-state index contributed by atoms with van der Waals surface area (Å²) in [5.74, 6) is 1.83. The van der Waals surface area contributed by atoms with Crippen LogP contribution in [0.15, 0.2) is 12.1 Å². The van der Waals surface area contributed by atoms with E-state index in [1.807, 2.05) is 13.8 Å². The molecule has 2 aromatic rings. The molecule has 1 aromatic carbocycles. The van der Waals surface area contributed by atoms with Gasteiger partial charge in [-0.25, -0.2) is 4.39 Å². The lowest BCUT2D eigenvalue weighted by Gasteiger charge is -2.18. The standard InChI is InChI=1S/C21H22FIN2O2/c1-6-9-17-12(4)25(27)13(5)18(19(17)23)21(26)24-20-14(7-2)10-16(22)11-15(20)8-3/h1,10-11H,7-9H2,2-5H3,(H,24,26). The van der Waals surface area contributed by atoms with Gasteiger partial charge in [-0.15, -0.1) is 12.3 Å². The number of carbonyl (C=O) groups is 1. The molecule has 1 amide bonds. The van der Waals surface area contributed by atoms with Crippen molar-refractivity contribution in [2.75, 3.05) is 5.32 Å². The van der Waals surface area contributed by atoms with E-state index in [9.17, 15) is 14.4 Å². The molecule has 4 nitrogen and oxygen atoms in total. The van der Waals surface area contributed by atoms with E-state index < -0.39 is 5.91 Å². The monoisotopic (exact) mass is 480 g/mol.